The second-order valence-corrected chi connectivity index (χ2v) is 5.62. The molecule has 0 fully saturated rings. The summed E-state index contributed by atoms with van der Waals surface area (Å²) < 4.78 is 11.6. The molecule has 1 aliphatic rings. The Morgan fingerprint density at radius 1 is 1.10 bits per heavy atom. The number of amides is 1. The summed E-state index contributed by atoms with van der Waals surface area (Å²) in [6, 6.07) is 13.1. The molecule has 2 aromatic rings. The number of rotatable bonds is 4. The maximum atomic E-state index is 12.0. The van der Waals surface area contributed by atoms with Crippen molar-refractivity contribution in [1.82, 2.24) is 5.32 Å². The van der Waals surface area contributed by atoms with E-state index in [1.54, 1.807) is 12.1 Å². The maximum absolute atomic E-state index is 12.0. The maximum Gasteiger partial charge on any atom is 0.251 e. The van der Waals surface area contributed by atoms with Gasteiger partial charge in [-0.1, -0.05) is 22.0 Å². The Morgan fingerprint density at radius 3 is 2.67 bits per heavy atom. The number of carbonyl (C=O) groups is 1. The first-order valence-corrected chi connectivity index (χ1v) is 7.44. The molecule has 1 aliphatic heterocycles. The van der Waals surface area contributed by atoms with Gasteiger partial charge in [-0.05, 0) is 48.4 Å². The highest BCUT2D eigenvalue weighted by Gasteiger charge is 2.13. The van der Waals surface area contributed by atoms with Gasteiger partial charge in [0.2, 0.25) is 6.79 Å². The number of fused-ring (bicyclic) bond motifs is 1. The summed E-state index contributed by atoms with van der Waals surface area (Å²) >= 11 is 3.35. The van der Waals surface area contributed by atoms with Crippen molar-refractivity contribution in [3.05, 3.63) is 58.1 Å². The zero-order chi connectivity index (χ0) is 14.7. The molecule has 0 saturated heterocycles. The molecule has 0 saturated carbocycles. The van der Waals surface area contributed by atoms with Crippen LogP contribution in [0.3, 0.4) is 0 Å². The van der Waals surface area contributed by atoms with Crippen LogP contribution in [0.15, 0.2) is 46.9 Å². The topological polar surface area (TPSA) is 47.6 Å². The van der Waals surface area contributed by atoms with Crippen LogP contribution in [0.25, 0.3) is 0 Å². The predicted octanol–water partition coefficient (Wildman–Crippen LogP) is 3.15. The lowest BCUT2D eigenvalue weighted by Gasteiger charge is -2.06. The van der Waals surface area contributed by atoms with Crippen LogP contribution in [-0.4, -0.2) is 19.2 Å². The van der Waals surface area contributed by atoms with Gasteiger partial charge in [0.15, 0.2) is 11.5 Å². The summed E-state index contributed by atoms with van der Waals surface area (Å²) in [7, 11) is 0. The molecule has 0 atom stereocenters. The van der Waals surface area contributed by atoms with Crippen molar-refractivity contribution in [2.45, 2.75) is 6.42 Å². The van der Waals surface area contributed by atoms with Crippen molar-refractivity contribution in [1.29, 1.82) is 0 Å². The summed E-state index contributed by atoms with van der Waals surface area (Å²) in [5.74, 6) is 1.48. The van der Waals surface area contributed by atoms with Crippen LogP contribution < -0.4 is 14.8 Å². The van der Waals surface area contributed by atoms with Gasteiger partial charge in [0.1, 0.15) is 0 Å². The molecule has 2 aromatic carbocycles. The van der Waals surface area contributed by atoms with Crippen LogP contribution in [0, 0.1) is 0 Å². The van der Waals surface area contributed by atoms with Crippen molar-refractivity contribution < 1.29 is 14.3 Å². The van der Waals surface area contributed by atoms with Crippen LogP contribution in [-0.2, 0) is 6.42 Å². The van der Waals surface area contributed by atoms with Crippen LogP contribution in [0.1, 0.15) is 15.9 Å². The Bertz CT molecular complexity index is 655. The van der Waals surface area contributed by atoms with Gasteiger partial charge in [-0.25, -0.2) is 0 Å². The zero-order valence-corrected chi connectivity index (χ0v) is 12.9. The van der Waals surface area contributed by atoms with Gasteiger partial charge in [0.05, 0.1) is 0 Å². The molecular formula is C16H14BrNO3. The van der Waals surface area contributed by atoms with Crippen molar-refractivity contribution in [2.75, 3.05) is 13.3 Å². The standard InChI is InChI=1S/C16H14BrNO3/c17-13-4-2-12(3-5-13)16(19)18-8-7-11-1-6-14-15(9-11)21-10-20-14/h1-6,9H,7-8,10H2,(H,18,19). The highest BCUT2D eigenvalue weighted by Crippen LogP contribution is 2.32. The molecule has 0 aromatic heterocycles. The molecule has 4 nitrogen and oxygen atoms in total. The van der Waals surface area contributed by atoms with Gasteiger partial charge in [-0.3, -0.25) is 4.79 Å². The molecule has 3 rings (SSSR count). The van der Waals surface area contributed by atoms with Crippen LogP contribution in [0.4, 0.5) is 0 Å². The normalized spacial score (nSPS) is 12.2. The molecule has 0 bridgehead atoms. The van der Waals surface area contributed by atoms with Gasteiger partial charge >= 0.3 is 0 Å². The van der Waals surface area contributed by atoms with E-state index in [4.69, 9.17) is 9.47 Å². The average Bonchev–Trinajstić information content (AvgIpc) is 2.95. The summed E-state index contributed by atoms with van der Waals surface area (Å²) in [5.41, 5.74) is 1.76. The Kier molecular flexibility index (Phi) is 4.10. The largest absolute Gasteiger partial charge is 0.454 e. The molecule has 0 aliphatic carbocycles. The van der Waals surface area contributed by atoms with Gasteiger partial charge in [0.25, 0.3) is 5.91 Å². The predicted molar refractivity (Wildman–Crippen MR) is 82.7 cm³/mol. The van der Waals surface area contributed by atoms with E-state index >= 15 is 0 Å². The molecule has 1 amide bonds. The first kappa shape index (κ1) is 13.9. The van der Waals surface area contributed by atoms with Crippen LogP contribution >= 0.6 is 15.9 Å². The lowest BCUT2D eigenvalue weighted by atomic mass is 10.1. The Labute approximate surface area is 131 Å². The smallest absolute Gasteiger partial charge is 0.251 e. The van der Waals surface area contributed by atoms with Crippen molar-refractivity contribution >= 4 is 21.8 Å². The van der Waals surface area contributed by atoms with Crippen LogP contribution in [0.2, 0.25) is 0 Å². The SMILES string of the molecule is O=C(NCCc1ccc2c(c1)OCO2)c1ccc(Br)cc1. The number of nitrogens with one attached hydrogen (secondary N) is 1. The minimum Gasteiger partial charge on any atom is -0.454 e. The van der Waals surface area contributed by atoms with Gasteiger partial charge < -0.3 is 14.8 Å². The third-order valence-electron chi connectivity index (χ3n) is 3.24. The van der Waals surface area contributed by atoms with Crippen molar-refractivity contribution in [3.63, 3.8) is 0 Å². The molecule has 21 heavy (non-hydrogen) atoms. The van der Waals surface area contributed by atoms with Crippen LogP contribution in [0.5, 0.6) is 11.5 Å². The fourth-order valence-corrected chi connectivity index (χ4v) is 2.38. The number of benzene rings is 2. The van der Waals surface area contributed by atoms with Crippen molar-refractivity contribution in [2.24, 2.45) is 0 Å². The number of carbonyl (C=O) groups excluding carboxylic acids is 1. The van der Waals surface area contributed by atoms with E-state index in [0.29, 0.717) is 12.1 Å². The number of hydrogen-bond acceptors (Lipinski definition) is 3. The van der Waals surface area contributed by atoms with E-state index in [1.165, 1.54) is 0 Å². The summed E-state index contributed by atoms with van der Waals surface area (Å²) in [5, 5.41) is 2.91. The first-order chi connectivity index (χ1) is 10.2. The molecule has 0 radical (unpaired) electrons. The molecular weight excluding hydrogens is 334 g/mol. The van der Waals surface area contributed by atoms with E-state index < -0.39 is 0 Å². The fourth-order valence-electron chi connectivity index (χ4n) is 2.12. The monoisotopic (exact) mass is 347 g/mol. The summed E-state index contributed by atoms with van der Waals surface area (Å²) in [6.07, 6.45) is 0.749. The number of halogens is 1. The quantitative estimate of drug-likeness (QED) is 0.924. The second kappa shape index (κ2) is 6.18. The minimum absolute atomic E-state index is 0.0664. The highest BCUT2D eigenvalue weighted by atomic mass is 79.9. The zero-order valence-electron chi connectivity index (χ0n) is 11.3. The fraction of sp³-hybridized carbons (Fsp3) is 0.188. The van der Waals surface area contributed by atoms with E-state index in [1.807, 2.05) is 30.3 Å². The molecule has 0 spiro atoms. The lowest BCUT2D eigenvalue weighted by Crippen LogP contribution is -2.25. The van der Waals surface area contributed by atoms with Crippen molar-refractivity contribution in [3.8, 4) is 11.5 Å². The Balaban J connectivity index is 1.54. The number of hydrogen-bond donors (Lipinski definition) is 1. The average molecular weight is 348 g/mol. The van der Waals surface area contributed by atoms with E-state index in [0.717, 1.165) is 28.0 Å². The van der Waals surface area contributed by atoms with Gasteiger partial charge in [-0.15, -0.1) is 0 Å². The van der Waals surface area contributed by atoms with E-state index in [-0.39, 0.29) is 12.7 Å². The highest BCUT2D eigenvalue weighted by molar-refractivity contribution is 9.10. The van der Waals surface area contributed by atoms with E-state index in [9.17, 15) is 4.79 Å². The first-order valence-electron chi connectivity index (χ1n) is 6.65. The third-order valence-corrected chi connectivity index (χ3v) is 3.77. The summed E-state index contributed by atoms with van der Waals surface area (Å²) in [4.78, 5) is 12.0. The Morgan fingerprint density at radius 2 is 1.86 bits per heavy atom. The molecule has 108 valence electrons. The third kappa shape index (κ3) is 3.36. The molecule has 5 heteroatoms. The Hall–Kier alpha value is -2.01. The van der Waals surface area contributed by atoms with E-state index in [2.05, 4.69) is 21.2 Å². The van der Waals surface area contributed by atoms with Gasteiger partial charge in [-0.2, -0.15) is 0 Å². The summed E-state index contributed by atoms with van der Waals surface area (Å²) in [6.45, 7) is 0.855. The number of ether oxygens (including phenoxy) is 2. The molecule has 1 heterocycles. The molecule has 1 N–H and O–H groups in total. The second-order valence-electron chi connectivity index (χ2n) is 4.70. The lowest BCUT2D eigenvalue weighted by molar-refractivity contribution is 0.0954. The minimum atomic E-state index is -0.0664. The molecule has 0 unspecified atom stereocenters. The van der Waals surface area contributed by atoms with Gasteiger partial charge in [0, 0.05) is 16.6 Å².